The van der Waals surface area contributed by atoms with Crippen molar-refractivity contribution in [2.45, 2.75) is 33.4 Å². The summed E-state index contributed by atoms with van der Waals surface area (Å²) in [6.07, 6.45) is 0. The minimum absolute atomic E-state index is 0.267. The summed E-state index contributed by atoms with van der Waals surface area (Å²) in [4.78, 5) is 2.41. The van der Waals surface area contributed by atoms with Crippen LogP contribution in [-0.4, -0.2) is 21.5 Å². The predicted molar refractivity (Wildman–Crippen MR) is 98.0 cm³/mol. The number of benzene rings is 2. The molecule has 0 atom stereocenters. The third-order valence-electron chi connectivity index (χ3n) is 4.70. The molecular formula is C20H22N4. The number of anilines is 1. The van der Waals surface area contributed by atoms with Crippen molar-refractivity contribution in [3.63, 3.8) is 0 Å². The van der Waals surface area contributed by atoms with Gasteiger partial charge in [-0.05, 0) is 32.4 Å². The summed E-state index contributed by atoms with van der Waals surface area (Å²) in [7, 11) is 0. The van der Waals surface area contributed by atoms with Crippen molar-refractivity contribution in [3.8, 4) is 22.5 Å². The molecule has 1 aromatic heterocycles. The Bertz CT molecular complexity index is 879. The molecule has 2 heterocycles. The van der Waals surface area contributed by atoms with Gasteiger partial charge in [-0.2, -0.15) is 0 Å². The topological polar surface area (TPSA) is 34.0 Å². The van der Waals surface area contributed by atoms with E-state index >= 15 is 0 Å². The molecule has 0 unspecified atom stereocenters. The van der Waals surface area contributed by atoms with E-state index in [0.29, 0.717) is 0 Å². The number of rotatable bonds is 2. The zero-order valence-electron chi connectivity index (χ0n) is 14.4. The highest BCUT2D eigenvalue weighted by Gasteiger charge is 2.26. The van der Waals surface area contributed by atoms with Crippen molar-refractivity contribution in [3.05, 3.63) is 54.1 Å². The first kappa shape index (κ1) is 14.9. The van der Waals surface area contributed by atoms with E-state index in [4.69, 9.17) is 0 Å². The van der Waals surface area contributed by atoms with Crippen molar-refractivity contribution in [1.82, 2.24) is 15.0 Å². The molecule has 0 saturated carbocycles. The molecular weight excluding hydrogens is 296 g/mol. The van der Waals surface area contributed by atoms with Crippen molar-refractivity contribution in [2.24, 2.45) is 0 Å². The maximum atomic E-state index is 4.57. The molecule has 3 aromatic rings. The van der Waals surface area contributed by atoms with Gasteiger partial charge in [-0.1, -0.05) is 47.7 Å². The lowest BCUT2D eigenvalue weighted by Gasteiger charge is -2.29. The van der Waals surface area contributed by atoms with Crippen molar-refractivity contribution < 1.29 is 0 Å². The maximum Gasteiger partial charge on any atom is 0.123 e. The van der Waals surface area contributed by atoms with Gasteiger partial charge in [0.15, 0.2) is 0 Å². The third kappa shape index (κ3) is 2.21. The molecule has 4 rings (SSSR count). The summed E-state index contributed by atoms with van der Waals surface area (Å²) in [5, 5.41) is 9.05. The molecule has 122 valence electrons. The Labute approximate surface area is 142 Å². The van der Waals surface area contributed by atoms with E-state index in [1.165, 1.54) is 16.8 Å². The fourth-order valence-electron chi connectivity index (χ4n) is 3.50. The molecule has 4 heteroatoms. The summed E-state index contributed by atoms with van der Waals surface area (Å²) in [5.74, 6) is 0. The number of para-hydroxylation sites is 1. The fraction of sp³-hybridized carbons (Fsp3) is 0.300. The van der Waals surface area contributed by atoms with E-state index in [1.807, 2.05) is 4.68 Å². The molecule has 0 N–H and O–H groups in total. The normalized spacial score (nSPS) is 13.1. The summed E-state index contributed by atoms with van der Waals surface area (Å²) in [5.41, 5.74) is 7.05. The Kier molecular flexibility index (Phi) is 3.60. The SMILES string of the molecule is CCN1Cc2ccccc2-c2c(nnn2C(C)C)-c2ccccc21. The second-order valence-electron chi connectivity index (χ2n) is 6.51. The van der Waals surface area contributed by atoms with Gasteiger partial charge < -0.3 is 4.90 Å². The fourth-order valence-corrected chi connectivity index (χ4v) is 3.50. The predicted octanol–water partition coefficient (Wildman–Crippen LogP) is 4.53. The van der Waals surface area contributed by atoms with Crippen LogP contribution in [0.25, 0.3) is 22.5 Å². The average molecular weight is 318 g/mol. The first-order valence-electron chi connectivity index (χ1n) is 8.58. The molecule has 1 aliphatic heterocycles. The van der Waals surface area contributed by atoms with E-state index in [0.717, 1.165) is 30.0 Å². The van der Waals surface area contributed by atoms with Gasteiger partial charge in [0.25, 0.3) is 0 Å². The minimum Gasteiger partial charge on any atom is -0.367 e. The van der Waals surface area contributed by atoms with Gasteiger partial charge in [0.05, 0.1) is 5.69 Å². The summed E-state index contributed by atoms with van der Waals surface area (Å²) < 4.78 is 2.05. The zero-order chi connectivity index (χ0) is 16.7. The van der Waals surface area contributed by atoms with E-state index in [-0.39, 0.29) is 6.04 Å². The molecule has 0 spiro atoms. The molecule has 24 heavy (non-hydrogen) atoms. The van der Waals surface area contributed by atoms with Crippen LogP contribution in [0.15, 0.2) is 48.5 Å². The van der Waals surface area contributed by atoms with E-state index in [1.54, 1.807) is 0 Å². The molecule has 0 bridgehead atoms. The highest BCUT2D eigenvalue weighted by Crippen LogP contribution is 2.41. The van der Waals surface area contributed by atoms with Gasteiger partial charge in [-0.3, -0.25) is 0 Å². The van der Waals surface area contributed by atoms with Gasteiger partial charge in [-0.25, -0.2) is 4.68 Å². The van der Waals surface area contributed by atoms with Crippen molar-refractivity contribution in [1.29, 1.82) is 0 Å². The van der Waals surface area contributed by atoms with Crippen LogP contribution in [0.3, 0.4) is 0 Å². The molecule has 2 aromatic carbocycles. The number of fused-ring (bicyclic) bond motifs is 5. The molecule has 0 radical (unpaired) electrons. The number of hydrogen-bond donors (Lipinski definition) is 0. The quantitative estimate of drug-likeness (QED) is 0.696. The van der Waals surface area contributed by atoms with Gasteiger partial charge in [0, 0.05) is 35.9 Å². The van der Waals surface area contributed by atoms with E-state index in [2.05, 4.69) is 84.5 Å². The average Bonchev–Trinajstić information content (AvgIpc) is 3.03. The largest absolute Gasteiger partial charge is 0.367 e. The van der Waals surface area contributed by atoms with Crippen LogP contribution in [-0.2, 0) is 6.54 Å². The third-order valence-corrected chi connectivity index (χ3v) is 4.70. The van der Waals surface area contributed by atoms with Crippen molar-refractivity contribution >= 4 is 5.69 Å². The Hall–Kier alpha value is -2.62. The van der Waals surface area contributed by atoms with Crippen LogP contribution < -0.4 is 4.90 Å². The minimum atomic E-state index is 0.267. The molecule has 0 saturated heterocycles. The monoisotopic (exact) mass is 318 g/mol. The highest BCUT2D eigenvalue weighted by molar-refractivity contribution is 5.88. The second kappa shape index (κ2) is 5.78. The van der Waals surface area contributed by atoms with Gasteiger partial charge >= 0.3 is 0 Å². The zero-order valence-corrected chi connectivity index (χ0v) is 14.4. The first-order valence-corrected chi connectivity index (χ1v) is 8.58. The maximum absolute atomic E-state index is 4.57. The van der Waals surface area contributed by atoms with Crippen LogP contribution in [0, 0.1) is 0 Å². The number of aromatic nitrogens is 3. The summed E-state index contributed by atoms with van der Waals surface area (Å²) in [6, 6.07) is 17.4. The highest BCUT2D eigenvalue weighted by atomic mass is 15.4. The summed E-state index contributed by atoms with van der Waals surface area (Å²) in [6.45, 7) is 8.36. The Morgan fingerprint density at radius 2 is 1.71 bits per heavy atom. The van der Waals surface area contributed by atoms with E-state index in [9.17, 15) is 0 Å². The van der Waals surface area contributed by atoms with Gasteiger partial charge in [0.1, 0.15) is 5.69 Å². The van der Waals surface area contributed by atoms with Crippen molar-refractivity contribution in [2.75, 3.05) is 11.4 Å². The lowest BCUT2D eigenvalue weighted by Crippen LogP contribution is -2.24. The Balaban J connectivity index is 2.09. The molecule has 4 nitrogen and oxygen atoms in total. The van der Waals surface area contributed by atoms with Crippen LogP contribution in [0.4, 0.5) is 5.69 Å². The number of hydrogen-bond acceptors (Lipinski definition) is 3. The molecule has 1 aliphatic rings. The standard InChI is InChI=1S/C20H22N4/c1-4-23-13-15-9-5-6-10-16(15)20-19(21-22-24(20)14(2)3)17-11-7-8-12-18(17)23/h5-12,14H,4,13H2,1-3H3. The van der Waals surface area contributed by atoms with Gasteiger partial charge in [0.2, 0.25) is 0 Å². The van der Waals surface area contributed by atoms with Gasteiger partial charge in [-0.15, -0.1) is 5.10 Å². The Morgan fingerprint density at radius 1 is 1.00 bits per heavy atom. The van der Waals surface area contributed by atoms with Crippen LogP contribution >= 0.6 is 0 Å². The lowest BCUT2D eigenvalue weighted by atomic mass is 9.95. The molecule has 0 aliphatic carbocycles. The molecule has 0 amide bonds. The van der Waals surface area contributed by atoms with Crippen LogP contribution in [0.5, 0.6) is 0 Å². The smallest absolute Gasteiger partial charge is 0.123 e. The first-order chi connectivity index (χ1) is 11.7. The Morgan fingerprint density at radius 3 is 2.46 bits per heavy atom. The second-order valence-corrected chi connectivity index (χ2v) is 6.51. The number of nitrogens with zero attached hydrogens (tertiary/aromatic N) is 4. The summed E-state index contributed by atoms with van der Waals surface area (Å²) >= 11 is 0. The van der Waals surface area contributed by atoms with Crippen LogP contribution in [0.1, 0.15) is 32.4 Å². The van der Waals surface area contributed by atoms with Crippen LogP contribution in [0.2, 0.25) is 0 Å². The molecule has 0 fully saturated rings. The van der Waals surface area contributed by atoms with E-state index < -0.39 is 0 Å². The lowest BCUT2D eigenvalue weighted by molar-refractivity contribution is 0.519.